The molecule has 2 aliphatic heterocycles. The number of nitrogens with zero attached hydrogens (tertiary/aromatic N) is 1. The number of imide groups is 1. The lowest BCUT2D eigenvalue weighted by Crippen LogP contribution is -2.31. The van der Waals surface area contributed by atoms with Gasteiger partial charge in [-0.3, -0.25) is 14.5 Å². The molecule has 1 saturated heterocycles. The molecule has 0 bridgehead atoms. The molecule has 0 aromatic heterocycles. The zero-order valence-corrected chi connectivity index (χ0v) is 22.0. The molecule has 0 radical (unpaired) electrons. The van der Waals surface area contributed by atoms with Gasteiger partial charge in [0.25, 0.3) is 11.8 Å². The summed E-state index contributed by atoms with van der Waals surface area (Å²) in [6, 6.07) is 31.7. The van der Waals surface area contributed by atoms with E-state index in [1.54, 1.807) is 24.3 Å². The summed E-state index contributed by atoms with van der Waals surface area (Å²) in [5, 5.41) is 0. The van der Waals surface area contributed by atoms with Crippen LogP contribution in [-0.4, -0.2) is 36.5 Å². The molecule has 4 aromatic rings. The Bertz CT molecular complexity index is 1540. The summed E-state index contributed by atoms with van der Waals surface area (Å²) < 4.78 is 18.3. The van der Waals surface area contributed by atoms with Crippen LogP contribution in [0.5, 0.6) is 5.75 Å². The van der Waals surface area contributed by atoms with E-state index in [-0.39, 0.29) is 17.7 Å². The molecule has 4 aromatic carbocycles. The highest BCUT2D eigenvalue weighted by Crippen LogP contribution is 2.51. The van der Waals surface area contributed by atoms with E-state index in [1.165, 1.54) is 4.90 Å². The molecule has 6 nitrogen and oxygen atoms in total. The van der Waals surface area contributed by atoms with Gasteiger partial charge in [-0.1, -0.05) is 72.8 Å². The lowest BCUT2D eigenvalue weighted by Gasteiger charge is -2.23. The van der Waals surface area contributed by atoms with Crippen molar-refractivity contribution in [3.8, 4) is 16.9 Å². The molecule has 1 aliphatic carbocycles. The maximum absolute atomic E-state index is 12.9. The Labute approximate surface area is 233 Å². The fourth-order valence-corrected chi connectivity index (χ4v) is 6.17. The van der Waals surface area contributed by atoms with Crippen LogP contribution in [0.15, 0.2) is 97.1 Å². The minimum Gasteiger partial charge on any atom is -0.489 e. The molecule has 1 atom stereocenters. The largest absolute Gasteiger partial charge is 0.489 e. The van der Waals surface area contributed by atoms with Gasteiger partial charge in [0.15, 0.2) is 5.79 Å². The zero-order chi connectivity index (χ0) is 27.1. The molecule has 2 amide bonds. The third kappa shape index (κ3) is 4.30. The van der Waals surface area contributed by atoms with Crippen LogP contribution in [0.1, 0.15) is 56.2 Å². The Morgan fingerprint density at radius 3 is 2.12 bits per heavy atom. The summed E-state index contributed by atoms with van der Waals surface area (Å²) in [5.74, 6) is -0.282. The van der Waals surface area contributed by atoms with E-state index < -0.39 is 5.79 Å². The minimum absolute atomic E-state index is 0.0887. The van der Waals surface area contributed by atoms with Crippen molar-refractivity contribution in [2.45, 2.75) is 31.2 Å². The third-order valence-corrected chi connectivity index (χ3v) is 8.19. The van der Waals surface area contributed by atoms with Gasteiger partial charge in [-0.05, 0) is 58.9 Å². The molecule has 7 rings (SSSR count). The normalized spacial score (nSPS) is 18.8. The van der Waals surface area contributed by atoms with E-state index in [0.29, 0.717) is 50.3 Å². The second-order valence-corrected chi connectivity index (χ2v) is 10.5. The topological polar surface area (TPSA) is 65.1 Å². The molecule has 40 heavy (non-hydrogen) atoms. The predicted octanol–water partition coefficient (Wildman–Crippen LogP) is 6.31. The Morgan fingerprint density at radius 2 is 1.43 bits per heavy atom. The Hall–Kier alpha value is -4.26. The monoisotopic (exact) mass is 531 g/mol. The van der Waals surface area contributed by atoms with Gasteiger partial charge in [0.1, 0.15) is 12.4 Å². The van der Waals surface area contributed by atoms with E-state index in [9.17, 15) is 9.59 Å². The van der Waals surface area contributed by atoms with E-state index in [2.05, 4.69) is 30.3 Å². The van der Waals surface area contributed by atoms with Gasteiger partial charge in [-0.15, -0.1) is 0 Å². The van der Waals surface area contributed by atoms with Crippen LogP contribution in [0, 0.1) is 0 Å². The number of fused-ring (bicyclic) bond motifs is 3. The van der Waals surface area contributed by atoms with Crippen molar-refractivity contribution in [3.05, 3.63) is 125 Å². The summed E-state index contributed by atoms with van der Waals surface area (Å²) in [6.07, 6.45) is 1.31. The molecule has 1 spiro atoms. The molecular formula is C34H29NO5. The Morgan fingerprint density at radius 1 is 0.775 bits per heavy atom. The first kappa shape index (κ1) is 24.8. The highest BCUT2D eigenvalue weighted by molar-refractivity contribution is 6.21. The molecule has 1 unspecified atom stereocenters. The average Bonchev–Trinajstić information content (AvgIpc) is 3.67. The van der Waals surface area contributed by atoms with Crippen LogP contribution in [0.3, 0.4) is 0 Å². The van der Waals surface area contributed by atoms with Crippen molar-refractivity contribution in [2.24, 2.45) is 0 Å². The first-order chi connectivity index (χ1) is 19.6. The lowest BCUT2D eigenvalue weighted by molar-refractivity contribution is -0.165. The van der Waals surface area contributed by atoms with Gasteiger partial charge < -0.3 is 14.2 Å². The van der Waals surface area contributed by atoms with Gasteiger partial charge in [-0.2, -0.15) is 0 Å². The van der Waals surface area contributed by atoms with Crippen molar-refractivity contribution >= 4 is 11.8 Å². The fraction of sp³-hybridized carbons (Fsp3) is 0.235. The molecule has 0 N–H and O–H groups in total. The number of ether oxygens (including phenoxy) is 3. The van der Waals surface area contributed by atoms with Crippen molar-refractivity contribution < 1.29 is 23.8 Å². The van der Waals surface area contributed by atoms with Gasteiger partial charge in [-0.25, -0.2) is 0 Å². The van der Waals surface area contributed by atoms with Crippen LogP contribution in [0.2, 0.25) is 0 Å². The van der Waals surface area contributed by atoms with E-state index in [4.69, 9.17) is 14.2 Å². The van der Waals surface area contributed by atoms with Crippen molar-refractivity contribution in [3.63, 3.8) is 0 Å². The standard InChI is InChI=1S/C34H29NO5/c36-32-28-8-4-5-9-29(28)33(37)35(32)17-16-26-21-34(39-18-19-40-34)31-15-12-25(20-30(26)31)24-10-13-27(14-11-24)38-22-23-6-2-1-3-7-23/h1-15,20,26H,16-19,21-22H2. The van der Waals surface area contributed by atoms with Gasteiger partial charge in [0.05, 0.1) is 24.3 Å². The molecular weight excluding hydrogens is 502 g/mol. The number of rotatable bonds is 7. The van der Waals surface area contributed by atoms with Crippen LogP contribution < -0.4 is 4.74 Å². The second-order valence-electron chi connectivity index (χ2n) is 10.5. The van der Waals surface area contributed by atoms with Gasteiger partial charge in [0, 0.05) is 18.5 Å². The number of carbonyl (C=O) groups excluding carboxylic acids is 2. The van der Waals surface area contributed by atoms with E-state index >= 15 is 0 Å². The average molecular weight is 532 g/mol. The fourth-order valence-electron chi connectivity index (χ4n) is 6.17. The lowest BCUT2D eigenvalue weighted by atomic mass is 9.94. The summed E-state index contributed by atoms with van der Waals surface area (Å²) in [7, 11) is 0. The SMILES string of the molecule is O=C1c2ccccc2C(=O)N1CCC1CC2(OCCO2)c2ccc(-c3ccc(OCc4ccccc4)cc3)cc21. The summed E-state index contributed by atoms with van der Waals surface area (Å²) in [4.78, 5) is 27.3. The molecule has 2 heterocycles. The molecule has 6 heteroatoms. The zero-order valence-electron chi connectivity index (χ0n) is 22.0. The van der Waals surface area contributed by atoms with Crippen LogP contribution in [-0.2, 0) is 21.9 Å². The second kappa shape index (κ2) is 10.0. The number of benzene rings is 4. The maximum Gasteiger partial charge on any atom is 0.261 e. The van der Waals surface area contributed by atoms with Gasteiger partial charge in [0.2, 0.25) is 0 Å². The van der Waals surface area contributed by atoms with Crippen molar-refractivity contribution in [2.75, 3.05) is 19.8 Å². The number of hydrogen-bond acceptors (Lipinski definition) is 5. The molecule has 1 fully saturated rings. The van der Waals surface area contributed by atoms with E-state index in [0.717, 1.165) is 33.6 Å². The van der Waals surface area contributed by atoms with Crippen LogP contribution in [0.4, 0.5) is 0 Å². The summed E-state index contributed by atoms with van der Waals surface area (Å²) >= 11 is 0. The van der Waals surface area contributed by atoms with Crippen molar-refractivity contribution in [1.29, 1.82) is 0 Å². The number of carbonyl (C=O) groups is 2. The maximum atomic E-state index is 12.9. The van der Waals surface area contributed by atoms with Crippen LogP contribution in [0.25, 0.3) is 11.1 Å². The Kier molecular flexibility index (Phi) is 6.22. The first-order valence-corrected chi connectivity index (χ1v) is 13.8. The highest BCUT2D eigenvalue weighted by Gasteiger charge is 2.49. The molecule has 200 valence electrons. The van der Waals surface area contributed by atoms with Gasteiger partial charge >= 0.3 is 0 Å². The van der Waals surface area contributed by atoms with E-state index in [1.807, 2.05) is 42.5 Å². The van der Waals surface area contributed by atoms with Crippen LogP contribution >= 0.6 is 0 Å². The quantitative estimate of drug-likeness (QED) is 0.262. The summed E-state index contributed by atoms with van der Waals surface area (Å²) in [5.41, 5.74) is 6.47. The number of amides is 2. The predicted molar refractivity (Wildman–Crippen MR) is 150 cm³/mol. The first-order valence-electron chi connectivity index (χ1n) is 13.8. The Balaban J connectivity index is 1.11. The van der Waals surface area contributed by atoms with Crippen molar-refractivity contribution in [1.82, 2.24) is 4.90 Å². The molecule has 3 aliphatic rings. The number of hydrogen-bond donors (Lipinski definition) is 0. The third-order valence-electron chi connectivity index (χ3n) is 8.19. The smallest absolute Gasteiger partial charge is 0.261 e. The minimum atomic E-state index is -0.754. The summed E-state index contributed by atoms with van der Waals surface area (Å²) in [6.45, 7) is 1.98. The highest BCUT2D eigenvalue weighted by atomic mass is 16.7. The molecule has 0 saturated carbocycles.